The maximum Gasteiger partial charge on any atom is 0.157 e. The van der Waals surface area contributed by atoms with Gasteiger partial charge in [-0.15, -0.1) is 11.7 Å². The van der Waals surface area contributed by atoms with E-state index in [0.29, 0.717) is 0 Å². The molecule has 3 rings (SSSR count). The quantitative estimate of drug-likeness (QED) is 0.786. The van der Waals surface area contributed by atoms with E-state index in [4.69, 9.17) is 9.47 Å². The van der Waals surface area contributed by atoms with Crippen LogP contribution in [0.5, 0.6) is 0 Å². The van der Waals surface area contributed by atoms with Crippen molar-refractivity contribution in [1.82, 2.24) is 15.0 Å². The van der Waals surface area contributed by atoms with Gasteiger partial charge in [-0.05, 0) is 25.0 Å². The molecule has 1 saturated heterocycles. The fraction of sp³-hybridized carbons (Fsp3) is 0.467. The molecule has 2 aromatic rings. The third-order valence-corrected chi connectivity index (χ3v) is 3.56. The first-order valence-corrected chi connectivity index (χ1v) is 7.04. The minimum atomic E-state index is -0.0963. The lowest BCUT2D eigenvalue weighted by atomic mass is 10.1. The van der Waals surface area contributed by atoms with E-state index in [1.807, 2.05) is 35.0 Å². The van der Waals surface area contributed by atoms with E-state index in [1.54, 1.807) is 0 Å². The van der Waals surface area contributed by atoms with Crippen LogP contribution in [0, 0.1) is 0 Å². The average Bonchev–Trinajstić information content (AvgIpc) is 2.93. The molecule has 0 saturated carbocycles. The average molecular weight is 273 g/mol. The van der Waals surface area contributed by atoms with Gasteiger partial charge in [0.2, 0.25) is 0 Å². The SMILES string of the molecule is C=CC(CCC1OCCCO1)n1nnc2ccccc21. The Morgan fingerprint density at radius 3 is 2.95 bits per heavy atom. The van der Waals surface area contributed by atoms with Gasteiger partial charge in [0, 0.05) is 6.42 Å². The third-order valence-electron chi connectivity index (χ3n) is 3.56. The van der Waals surface area contributed by atoms with Gasteiger partial charge in [-0.3, -0.25) is 0 Å². The van der Waals surface area contributed by atoms with Crippen molar-refractivity contribution in [3.63, 3.8) is 0 Å². The van der Waals surface area contributed by atoms with Crippen LogP contribution in [0.1, 0.15) is 25.3 Å². The summed E-state index contributed by atoms with van der Waals surface area (Å²) in [6.07, 6.45) is 4.51. The van der Waals surface area contributed by atoms with Gasteiger partial charge in [-0.25, -0.2) is 4.68 Å². The zero-order valence-electron chi connectivity index (χ0n) is 11.4. The van der Waals surface area contributed by atoms with Crippen LogP contribution in [0.3, 0.4) is 0 Å². The van der Waals surface area contributed by atoms with Gasteiger partial charge < -0.3 is 9.47 Å². The van der Waals surface area contributed by atoms with Gasteiger partial charge in [-0.1, -0.05) is 23.4 Å². The lowest BCUT2D eigenvalue weighted by molar-refractivity contribution is -0.182. The number of aromatic nitrogens is 3. The van der Waals surface area contributed by atoms with E-state index in [0.717, 1.165) is 43.5 Å². The zero-order chi connectivity index (χ0) is 13.8. The molecule has 1 aromatic heterocycles. The van der Waals surface area contributed by atoms with Crippen molar-refractivity contribution in [3.8, 4) is 0 Å². The van der Waals surface area contributed by atoms with Crippen molar-refractivity contribution in [1.29, 1.82) is 0 Å². The highest BCUT2D eigenvalue weighted by molar-refractivity contribution is 5.74. The van der Waals surface area contributed by atoms with Crippen molar-refractivity contribution in [2.75, 3.05) is 13.2 Å². The molecule has 1 aromatic carbocycles. The van der Waals surface area contributed by atoms with Crippen molar-refractivity contribution >= 4 is 11.0 Å². The first-order chi connectivity index (χ1) is 9.88. The Kier molecular flexibility index (Phi) is 4.08. The fourth-order valence-corrected chi connectivity index (χ4v) is 2.48. The Bertz CT molecular complexity index is 575. The smallest absolute Gasteiger partial charge is 0.157 e. The molecule has 1 fully saturated rings. The molecular formula is C15H19N3O2. The van der Waals surface area contributed by atoms with Gasteiger partial charge >= 0.3 is 0 Å². The Morgan fingerprint density at radius 2 is 2.15 bits per heavy atom. The second-order valence-electron chi connectivity index (χ2n) is 4.93. The topological polar surface area (TPSA) is 49.2 Å². The molecule has 0 N–H and O–H groups in total. The number of hydrogen-bond donors (Lipinski definition) is 0. The van der Waals surface area contributed by atoms with Crippen molar-refractivity contribution in [2.45, 2.75) is 31.6 Å². The molecule has 1 aliphatic rings. The lowest BCUT2D eigenvalue weighted by Gasteiger charge is -2.24. The normalized spacial score (nSPS) is 18.2. The number of fused-ring (bicyclic) bond motifs is 1. The molecule has 0 amide bonds. The highest BCUT2D eigenvalue weighted by Crippen LogP contribution is 2.22. The number of ether oxygens (including phenoxy) is 2. The summed E-state index contributed by atoms with van der Waals surface area (Å²) in [4.78, 5) is 0. The van der Waals surface area contributed by atoms with Crippen LogP contribution in [-0.4, -0.2) is 34.5 Å². The molecule has 1 atom stereocenters. The summed E-state index contributed by atoms with van der Waals surface area (Å²) < 4.78 is 13.1. The molecule has 2 heterocycles. The molecule has 1 aliphatic heterocycles. The summed E-state index contributed by atoms with van der Waals surface area (Å²) >= 11 is 0. The Morgan fingerprint density at radius 1 is 1.35 bits per heavy atom. The number of benzene rings is 1. The van der Waals surface area contributed by atoms with Crippen molar-refractivity contribution < 1.29 is 9.47 Å². The molecule has 0 radical (unpaired) electrons. The summed E-state index contributed by atoms with van der Waals surface area (Å²) in [5.41, 5.74) is 1.94. The van der Waals surface area contributed by atoms with E-state index < -0.39 is 0 Å². The fourth-order valence-electron chi connectivity index (χ4n) is 2.48. The van der Waals surface area contributed by atoms with Gasteiger partial charge in [0.1, 0.15) is 5.52 Å². The lowest BCUT2D eigenvalue weighted by Crippen LogP contribution is -2.25. The van der Waals surface area contributed by atoms with E-state index in [1.165, 1.54) is 0 Å². The van der Waals surface area contributed by atoms with E-state index in [-0.39, 0.29) is 12.3 Å². The van der Waals surface area contributed by atoms with Crippen molar-refractivity contribution in [3.05, 3.63) is 36.9 Å². The van der Waals surface area contributed by atoms with Crippen LogP contribution < -0.4 is 0 Å². The summed E-state index contributed by atoms with van der Waals surface area (Å²) in [6.45, 7) is 5.49. The number of nitrogens with zero attached hydrogens (tertiary/aromatic N) is 3. The molecule has 5 heteroatoms. The second kappa shape index (κ2) is 6.15. The highest BCUT2D eigenvalue weighted by atomic mass is 16.7. The molecule has 20 heavy (non-hydrogen) atoms. The molecule has 0 bridgehead atoms. The van der Waals surface area contributed by atoms with Crippen LogP contribution in [0.4, 0.5) is 0 Å². The van der Waals surface area contributed by atoms with E-state index >= 15 is 0 Å². The van der Waals surface area contributed by atoms with Crippen LogP contribution in [0.2, 0.25) is 0 Å². The van der Waals surface area contributed by atoms with Crippen LogP contribution in [0.15, 0.2) is 36.9 Å². The van der Waals surface area contributed by atoms with Crippen LogP contribution in [-0.2, 0) is 9.47 Å². The van der Waals surface area contributed by atoms with Crippen LogP contribution >= 0.6 is 0 Å². The zero-order valence-corrected chi connectivity index (χ0v) is 11.4. The first-order valence-electron chi connectivity index (χ1n) is 7.04. The van der Waals surface area contributed by atoms with E-state index in [2.05, 4.69) is 16.9 Å². The largest absolute Gasteiger partial charge is 0.353 e. The summed E-state index contributed by atoms with van der Waals surface area (Å²) in [5.74, 6) is 0. The summed E-state index contributed by atoms with van der Waals surface area (Å²) in [6, 6.07) is 8.06. The first kappa shape index (κ1) is 13.3. The van der Waals surface area contributed by atoms with Crippen LogP contribution in [0.25, 0.3) is 11.0 Å². The molecule has 0 spiro atoms. The number of allylic oxidation sites excluding steroid dienone is 1. The van der Waals surface area contributed by atoms with Gasteiger partial charge in [0.25, 0.3) is 0 Å². The maximum absolute atomic E-state index is 5.58. The summed E-state index contributed by atoms with van der Waals surface area (Å²) in [7, 11) is 0. The minimum Gasteiger partial charge on any atom is -0.353 e. The van der Waals surface area contributed by atoms with E-state index in [9.17, 15) is 0 Å². The standard InChI is InChI=1S/C15H19N3O2/c1-2-12(8-9-15-19-10-5-11-20-15)18-14-7-4-3-6-13(14)16-17-18/h2-4,6-7,12,15H,1,5,8-11H2. The Labute approximate surface area is 118 Å². The molecular weight excluding hydrogens is 254 g/mol. The Balaban J connectivity index is 1.71. The number of para-hydroxylation sites is 1. The van der Waals surface area contributed by atoms with Gasteiger partial charge in [-0.2, -0.15) is 0 Å². The molecule has 1 unspecified atom stereocenters. The Hall–Kier alpha value is -1.72. The molecule has 0 aliphatic carbocycles. The monoisotopic (exact) mass is 273 g/mol. The molecule has 106 valence electrons. The van der Waals surface area contributed by atoms with Crippen molar-refractivity contribution in [2.24, 2.45) is 0 Å². The summed E-state index contributed by atoms with van der Waals surface area (Å²) in [5, 5.41) is 8.43. The highest BCUT2D eigenvalue weighted by Gasteiger charge is 2.18. The predicted octanol–water partition coefficient (Wildman–Crippen LogP) is 2.70. The maximum atomic E-state index is 5.58. The third kappa shape index (κ3) is 2.73. The predicted molar refractivity (Wildman–Crippen MR) is 76.3 cm³/mol. The second-order valence-corrected chi connectivity index (χ2v) is 4.93. The number of rotatable bonds is 5. The minimum absolute atomic E-state index is 0.0963. The molecule has 5 nitrogen and oxygen atoms in total. The number of hydrogen-bond acceptors (Lipinski definition) is 4. The van der Waals surface area contributed by atoms with Gasteiger partial charge in [0.05, 0.1) is 24.8 Å². The van der Waals surface area contributed by atoms with Gasteiger partial charge in [0.15, 0.2) is 6.29 Å².